The van der Waals surface area contributed by atoms with Gasteiger partial charge in [-0.2, -0.15) is 0 Å². The van der Waals surface area contributed by atoms with E-state index in [1.54, 1.807) is 0 Å². The van der Waals surface area contributed by atoms with Gasteiger partial charge in [0.05, 0.1) is 0 Å². The van der Waals surface area contributed by atoms with Crippen LogP contribution in [0.25, 0.3) is 120 Å². The van der Waals surface area contributed by atoms with Crippen molar-refractivity contribution in [3.63, 3.8) is 0 Å². The average Bonchev–Trinajstić information content (AvgIpc) is 3.62. The SMILES string of the molecule is c1ccc(-c2ccc(-c3c4ccccc4c(-c4ccc5oc6cc7c8ccccc8c8ccccc8c7cc6c5c4)c4ccccc34)c3ccccc23)cc1. The molecular weight excluding hydrogens is 665 g/mol. The van der Waals surface area contributed by atoms with Crippen LogP contribution in [0, 0.1) is 0 Å². The van der Waals surface area contributed by atoms with Crippen LogP contribution in [0.15, 0.2) is 199 Å². The number of rotatable bonds is 3. The van der Waals surface area contributed by atoms with E-state index >= 15 is 0 Å². The Morgan fingerprint density at radius 1 is 0.218 bits per heavy atom. The third kappa shape index (κ3) is 4.41. The summed E-state index contributed by atoms with van der Waals surface area (Å²) in [6, 6.07) is 71.0. The van der Waals surface area contributed by atoms with Gasteiger partial charge in [-0.25, -0.2) is 0 Å². The van der Waals surface area contributed by atoms with Crippen LogP contribution >= 0.6 is 0 Å². The Hall–Kier alpha value is -7.22. The lowest BCUT2D eigenvalue weighted by molar-refractivity contribution is 0.669. The van der Waals surface area contributed by atoms with E-state index in [9.17, 15) is 0 Å². The van der Waals surface area contributed by atoms with Gasteiger partial charge in [0.25, 0.3) is 0 Å². The molecule has 0 spiro atoms. The molecule has 254 valence electrons. The summed E-state index contributed by atoms with van der Waals surface area (Å²) in [5.41, 5.74) is 9.24. The molecule has 1 nitrogen and oxygen atoms in total. The molecule has 0 saturated heterocycles. The van der Waals surface area contributed by atoms with Crippen molar-refractivity contribution in [3.8, 4) is 33.4 Å². The number of hydrogen-bond acceptors (Lipinski definition) is 1. The standard InChI is InChI=1S/C54H32O/c1-2-14-33(15-3-1)35-27-28-46(39-19-7-4-16-36(35)39)54-44-24-12-10-22-42(44)53(43-23-11-13-25-45(43)54)34-26-29-51-49(30-34)50-31-47-40-20-8-5-17-37(40)38-18-6-9-21-41(38)48(47)32-52(50)55-51/h1-32H. The van der Waals surface area contributed by atoms with Gasteiger partial charge < -0.3 is 4.42 Å². The highest BCUT2D eigenvalue weighted by Crippen LogP contribution is 2.48. The zero-order valence-electron chi connectivity index (χ0n) is 29.9. The van der Waals surface area contributed by atoms with E-state index in [0.29, 0.717) is 0 Å². The Morgan fingerprint density at radius 2 is 0.655 bits per heavy atom. The summed E-state index contributed by atoms with van der Waals surface area (Å²) in [6.07, 6.45) is 0. The Balaban J connectivity index is 1.13. The van der Waals surface area contributed by atoms with E-state index in [4.69, 9.17) is 4.42 Å². The van der Waals surface area contributed by atoms with E-state index < -0.39 is 0 Å². The molecule has 0 aliphatic carbocycles. The van der Waals surface area contributed by atoms with Crippen molar-refractivity contribution < 1.29 is 4.42 Å². The first-order chi connectivity index (χ1) is 27.3. The molecule has 1 aromatic heterocycles. The predicted octanol–water partition coefficient (Wildman–Crippen LogP) is 15.5. The topological polar surface area (TPSA) is 13.1 Å². The minimum atomic E-state index is 0.901. The molecule has 0 aliphatic heterocycles. The van der Waals surface area contributed by atoms with Crippen LogP contribution in [0.3, 0.4) is 0 Å². The highest BCUT2D eigenvalue weighted by molar-refractivity contribution is 6.29. The van der Waals surface area contributed by atoms with Crippen LogP contribution in [0.2, 0.25) is 0 Å². The van der Waals surface area contributed by atoms with Crippen LogP contribution in [0.1, 0.15) is 0 Å². The minimum absolute atomic E-state index is 0.901. The van der Waals surface area contributed by atoms with Gasteiger partial charge in [-0.05, 0) is 122 Å². The van der Waals surface area contributed by atoms with E-state index in [0.717, 1.165) is 21.9 Å². The molecule has 55 heavy (non-hydrogen) atoms. The molecule has 0 aliphatic rings. The van der Waals surface area contributed by atoms with Gasteiger partial charge in [0.2, 0.25) is 0 Å². The van der Waals surface area contributed by atoms with Crippen LogP contribution in [0.4, 0.5) is 0 Å². The zero-order chi connectivity index (χ0) is 36.0. The lowest BCUT2D eigenvalue weighted by Gasteiger charge is -2.19. The smallest absolute Gasteiger partial charge is 0.136 e. The van der Waals surface area contributed by atoms with E-state index in [2.05, 4.69) is 194 Å². The van der Waals surface area contributed by atoms with Crippen LogP contribution in [0.5, 0.6) is 0 Å². The molecule has 1 heterocycles. The van der Waals surface area contributed by atoms with E-state index in [-0.39, 0.29) is 0 Å². The van der Waals surface area contributed by atoms with Gasteiger partial charge in [-0.15, -0.1) is 0 Å². The Bertz CT molecular complexity index is 3480. The summed E-state index contributed by atoms with van der Waals surface area (Å²) >= 11 is 0. The first-order valence-electron chi connectivity index (χ1n) is 19.0. The second-order valence-electron chi connectivity index (χ2n) is 14.7. The average molecular weight is 697 g/mol. The number of furan rings is 1. The first kappa shape index (κ1) is 30.3. The Kier molecular flexibility index (Phi) is 6.40. The predicted molar refractivity (Wildman–Crippen MR) is 235 cm³/mol. The first-order valence-corrected chi connectivity index (χ1v) is 19.0. The molecule has 12 aromatic rings. The summed E-state index contributed by atoms with van der Waals surface area (Å²) in [5.74, 6) is 0. The van der Waals surface area contributed by atoms with Crippen molar-refractivity contribution in [2.45, 2.75) is 0 Å². The Morgan fingerprint density at radius 3 is 1.25 bits per heavy atom. The minimum Gasteiger partial charge on any atom is -0.456 e. The molecule has 0 radical (unpaired) electrons. The van der Waals surface area contributed by atoms with Crippen molar-refractivity contribution >= 4 is 86.6 Å². The fraction of sp³-hybridized carbons (Fsp3) is 0. The maximum absolute atomic E-state index is 6.65. The van der Waals surface area contributed by atoms with Crippen LogP contribution in [-0.4, -0.2) is 0 Å². The summed E-state index contributed by atoms with van der Waals surface area (Å²) in [4.78, 5) is 0. The van der Waals surface area contributed by atoms with Crippen molar-refractivity contribution in [1.82, 2.24) is 0 Å². The molecule has 0 atom stereocenters. The lowest BCUT2D eigenvalue weighted by Crippen LogP contribution is -1.92. The lowest BCUT2D eigenvalue weighted by atomic mass is 9.83. The monoisotopic (exact) mass is 696 g/mol. The summed E-state index contributed by atoms with van der Waals surface area (Å²) in [6.45, 7) is 0. The van der Waals surface area contributed by atoms with Gasteiger partial charge in [0, 0.05) is 10.8 Å². The molecule has 0 unspecified atom stereocenters. The summed E-state index contributed by atoms with van der Waals surface area (Å²) in [7, 11) is 0. The maximum Gasteiger partial charge on any atom is 0.136 e. The molecule has 0 bridgehead atoms. The highest BCUT2D eigenvalue weighted by atomic mass is 16.3. The van der Waals surface area contributed by atoms with Crippen molar-refractivity contribution in [2.24, 2.45) is 0 Å². The molecular formula is C54H32O. The van der Waals surface area contributed by atoms with Crippen LogP contribution < -0.4 is 0 Å². The van der Waals surface area contributed by atoms with Gasteiger partial charge in [0.15, 0.2) is 0 Å². The second kappa shape index (κ2) is 11.6. The highest BCUT2D eigenvalue weighted by Gasteiger charge is 2.20. The van der Waals surface area contributed by atoms with Gasteiger partial charge in [0.1, 0.15) is 11.2 Å². The van der Waals surface area contributed by atoms with Crippen molar-refractivity contribution in [1.29, 1.82) is 0 Å². The molecule has 0 saturated carbocycles. The normalized spacial score (nSPS) is 12.0. The summed E-state index contributed by atoms with van der Waals surface area (Å²) < 4.78 is 6.65. The molecule has 0 amide bonds. The molecule has 1 heteroatoms. The second-order valence-corrected chi connectivity index (χ2v) is 14.7. The maximum atomic E-state index is 6.65. The fourth-order valence-corrected chi connectivity index (χ4v) is 9.45. The van der Waals surface area contributed by atoms with Gasteiger partial charge >= 0.3 is 0 Å². The van der Waals surface area contributed by atoms with E-state index in [1.165, 1.54) is 98.0 Å². The largest absolute Gasteiger partial charge is 0.456 e. The van der Waals surface area contributed by atoms with Gasteiger partial charge in [-0.3, -0.25) is 0 Å². The third-order valence-electron chi connectivity index (χ3n) is 11.8. The zero-order valence-corrected chi connectivity index (χ0v) is 29.9. The van der Waals surface area contributed by atoms with Crippen molar-refractivity contribution in [2.75, 3.05) is 0 Å². The Labute approximate surface area is 317 Å². The van der Waals surface area contributed by atoms with Crippen molar-refractivity contribution in [3.05, 3.63) is 194 Å². The number of fused-ring (bicyclic) bond motifs is 12. The number of benzene rings is 11. The number of hydrogen-bond donors (Lipinski definition) is 0. The molecule has 0 fully saturated rings. The third-order valence-corrected chi connectivity index (χ3v) is 11.8. The molecule has 12 rings (SSSR count). The summed E-state index contributed by atoms with van der Waals surface area (Å²) in [5, 5.41) is 17.3. The fourth-order valence-electron chi connectivity index (χ4n) is 9.45. The van der Waals surface area contributed by atoms with Gasteiger partial charge in [-0.1, -0.05) is 170 Å². The molecule has 11 aromatic carbocycles. The van der Waals surface area contributed by atoms with Crippen LogP contribution in [-0.2, 0) is 0 Å². The molecule has 0 N–H and O–H groups in total. The van der Waals surface area contributed by atoms with E-state index in [1.807, 2.05) is 0 Å². The quantitative estimate of drug-likeness (QED) is 0.132.